The Morgan fingerprint density at radius 3 is 2.74 bits per heavy atom. The summed E-state index contributed by atoms with van der Waals surface area (Å²) in [5.41, 5.74) is 1.83. The second-order valence-electron chi connectivity index (χ2n) is 6.58. The van der Waals surface area contributed by atoms with Crippen LogP contribution in [0.3, 0.4) is 0 Å². The molecule has 144 valence electrons. The lowest BCUT2D eigenvalue weighted by Gasteiger charge is -2.24. The number of aryl methyl sites for hydroxylation is 1. The van der Waals surface area contributed by atoms with Gasteiger partial charge in [0, 0.05) is 30.9 Å². The van der Waals surface area contributed by atoms with Gasteiger partial charge in [0.2, 0.25) is 0 Å². The highest BCUT2D eigenvalue weighted by molar-refractivity contribution is 6.30. The topological polar surface area (TPSA) is 84.7 Å². The number of hydrogen-bond acceptors (Lipinski definition) is 4. The largest absolute Gasteiger partial charge is 0.481 e. The molecular formula is C19H22ClN3O4. The predicted octanol–water partition coefficient (Wildman–Crippen LogP) is 2.93. The van der Waals surface area contributed by atoms with Crippen molar-refractivity contribution < 1.29 is 19.4 Å². The minimum atomic E-state index is -0.936. The number of carboxylic acid groups (broad SMARTS) is 1. The van der Waals surface area contributed by atoms with Crippen LogP contribution in [0.2, 0.25) is 5.02 Å². The molecule has 0 saturated carbocycles. The van der Waals surface area contributed by atoms with E-state index < -0.39 is 5.97 Å². The van der Waals surface area contributed by atoms with E-state index in [2.05, 4.69) is 5.10 Å². The zero-order chi connectivity index (χ0) is 19.4. The fraction of sp³-hybridized carbons (Fsp3) is 0.421. The molecule has 0 spiro atoms. The summed E-state index contributed by atoms with van der Waals surface area (Å²) < 4.78 is 7.24. The standard InChI is InChI=1S/C19H22ClN3O4/c1-13-17(12-23(21-13)15-6-4-14(20)5-7-15)19(26)22(9-8-18(24)25)11-16-3-2-10-27-16/h4-7,12,16H,2-3,8-11H2,1H3,(H,24,25). The molecule has 1 fully saturated rings. The van der Waals surface area contributed by atoms with Crippen LogP contribution >= 0.6 is 11.6 Å². The number of carboxylic acids is 1. The van der Waals surface area contributed by atoms with Crippen LogP contribution in [0.1, 0.15) is 35.3 Å². The van der Waals surface area contributed by atoms with E-state index >= 15 is 0 Å². The monoisotopic (exact) mass is 391 g/mol. The maximum absolute atomic E-state index is 13.1. The lowest BCUT2D eigenvalue weighted by Crippen LogP contribution is -2.39. The van der Waals surface area contributed by atoms with E-state index in [1.54, 1.807) is 34.8 Å². The molecule has 1 N–H and O–H groups in total. The highest BCUT2D eigenvalue weighted by Gasteiger charge is 2.26. The highest BCUT2D eigenvalue weighted by atomic mass is 35.5. The van der Waals surface area contributed by atoms with Crippen LogP contribution in [-0.4, -0.2) is 57.5 Å². The van der Waals surface area contributed by atoms with Gasteiger partial charge in [0.25, 0.3) is 5.91 Å². The summed E-state index contributed by atoms with van der Waals surface area (Å²) in [7, 11) is 0. The van der Waals surface area contributed by atoms with Crippen LogP contribution < -0.4 is 0 Å². The summed E-state index contributed by atoms with van der Waals surface area (Å²) >= 11 is 5.92. The second-order valence-corrected chi connectivity index (χ2v) is 7.02. The van der Waals surface area contributed by atoms with Crippen molar-refractivity contribution in [3.8, 4) is 5.69 Å². The number of aliphatic carboxylic acids is 1. The van der Waals surface area contributed by atoms with Crippen LogP contribution in [0.4, 0.5) is 0 Å². The van der Waals surface area contributed by atoms with Gasteiger partial charge in [0.1, 0.15) is 0 Å². The molecule has 1 amide bonds. The Bertz CT molecular complexity index is 813. The number of nitrogens with zero attached hydrogens (tertiary/aromatic N) is 3. The predicted molar refractivity (Wildman–Crippen MR) is 100 cm³/mol. The molecule has 1 atom stereocenters. The van der Waals surface area contributed by atoms with Crippen molar-refractivity contribution in [2.45, 2.75) is 32.3 Å². The van der Waals surface area contributed by atoms with E-state index in [4.69, 9.17) is 21.4 Å². The minimum absolute atomic E-state index is 0.0469. The zero-order valence-electron chi connectivity index (χ0n) is 15.1. The van der Waals surface area contributed by atoms with E-state index in [9.17, 15) is 9.59 Å². The van der Waals surface area contributed by atoms with Gasteiger partial charge in [0.05, 0.1) is 29.5 Å². The summed E-state index contributed by atoms with van der Waals surface area (Å²) in [6.07, 6.45) is 3.35. The molecule has 8 heteroatoms. The Morgan fingerprint density at radius 2 is 2.11 bits per heavy atom. The van der Waals surface area contributed by atoms with Crippen LogP contribution in [0.25, 0.3) is 5.69 Å². The van der Waals surface area contributed by atoms with Gasteiger partial charge < -0.3 is 14.7 Å². The molecule has 0 aliphatic carbocycles. The molecule has 1 aromatic heterocycles. The third-order valence-electron chi connectivity index (χ3n) is 4.55. The summed E-state index contributed by atoms with van der Waals surface area (Å²) in [5, 5.41) is 14.0. The van der Waals surface area contributed by atoms with Gasteiger partial charge >= 0.3 is 5.97 Å². The number of aromatic nitrogens is 2. The second kappa shape index (κ2) is 8.54. The Morgan fingerprint density at radius 1 is 1.37 bits per heavy atom. The van der Waals surface area contributed by atoms with Gasteiger partial charge in [0.15, 0.2) is 0 Å². The molecular weight excluding hydrogens is 370 g/mol. The summed E-state index contributed by atoms with van der Waals surface area (Å²) in [6.45, 7) is 2.97. The molecule has 0 radical (unpaired) electrons. The summed E-state index contributed by atoms with van der Waals surface area (Å²) in [4.78, 5) is 25.6. The molecule has 2 heterocycles. The van der Waals surface area contributed by atoms with Crippen LogP contribution in [0.15, 0.2) is 30.5 Å². The molecule has 1 aromatic carbocycles. The summed E-state index contributed by atoms with van der Waals surface area (Å²) in [5.74, 6) is -1.17. The minimum Gasteiger partial charge on any atom is -0.481 e. The van der Waals surface area contributed by atoms with Crippen LogP contribution in [-0.2, 0) is 9.53 Å². The van der Waals surface area contributed by atoms with E-state index in [-0.39, 0.29) is 25.0 Å². The normalized spacial score (nSPS) is 16.4. The molecule has 27 heavy (non-hydrogen) atoms. The van der Waals surface area contributed by atoms with Crippen LogP contribution in [0, 0.1) is 6.92 Å². The van der Waals surface area contributed by atoms with E-state index in [0.717, 1.165) is 18.5 Å². The number of carbonyl (C=O) groups excluding carboxylic acids is 1. The number of hydrogen-bond donors (Lipinski definition) is 1. The van der Waals surface area contributed by atoms with Gasteiger partial charge in [-0.2, -0.15) is 5.10 Å². The average molecular weight is 392 g/mol. The fourth-order valence-corrected chi connectivity index (χ4v) is 3.23. The van der Waals surface area contributed by atoms with Crippen molar-refractivity contribution in [3.05, 3.63) is 46.7 Å². The van der Waals surface area contributed by atoms with E-state index in [1.165, 1.54) is 0 Å². The SMILES string of the molecule is Cc1nn(-c2ccc(Cl)cc2)cc1C(=O)N(CCC(=O)O)CC1CCCO1. The number of ether oxygens (including phenoxy) is 1. The van der Waals surface area contributed by atoms with Crippen LogP contribution in [0.5, 0.6) is 0 Å². The molecule has 1 saturated heterocycles. The molecule has 1 aliphatic rings. The van der Waals surface area contributed by atoms with Gasteiger partial charge in [-0.15, -0.1) is 0 Å². The van der Waals surface area contributed by atoms with E-state index in [0.29, 0.717) is 29.4 Å². The number of carbonyl (C=O) groups is 2. The third kappa shape index (κ3) is 4.87. The average Bonchev–Trinajstić information content (AvgIpc) is 3.28. The zero-order valence-corrected chi connectivity index (χ0v) is 15.9. The molecule has 3 rings (SSSR count). The lowest BCUT2D eigenvalue weighted by molar-refractivity contribution is -0.137. The van der Waals surface area contributed by atoms with Crippen molar-refractivity contribution in [1.29, 1.82) is 0 Å². The van der Waals surface area contributed by atoms with Crippen molar-refractivity contribution in [2.24, 2.45) is 0 Å². The first-order valence-corrected chi connectivity index (χ1v) is 9.26. The molecule has 2 aromatic rings. The van der Waals surface area contributed by atoms with Crippen molar-refractivity contribution in [2.75, 3.05) is 19.7 Å². The van der Waals surface area contributed by atoms with Gasteiger partial charge in [-0.05, 0) is 44.0 Å². The Labute approximate surface area is 162 Å². The highest BCUT2D eigenvalue weighted by Crippen LogP contribution is 2.19. The first-order chi connectivity index (χ1) is 12.9. The van der Waals surface area contributed by atoms with Crippen molar-refractivity contribution in [1.82, 2.24) is 14.7 Å². The van der Waals surface area contributed by atoms with E-state index in [1.807, 2.05) is 12.1 Å². The van der Waals surface area contributed by atoms with Crippen molar-refractivity contribution in [3.63, 3.8) is 0 Å². The number of rotatable bonds is 7. The lowest BCUT2D eigenvalue weighted by atomic mass is 10.2. The maximum Gasteiger partial charge on any atom is 0.305 e. The van der Waals surface area contributed by atoms with Gasteiger partial charge in [-0.1, -0.05) is 11.6 Å². The Kier molecular flexibility index (Phi) is 6.13. The maximum atomic E-state index is 13.1. The molecule has 1 aliphatic heterocycles. The van der Waals surface area contributed by atoms with Crippen molar-refractivity contribution >= 4 is 23.5 Å². The molecule has 0 bridgehead atoms. The third-order valence-corrected chi connectivity index (χ3v) is 4.80. The molecule has 1 unspecified atom stereocenters. The molecule has 7 nitrogen and oxygen atoms in total. The fourth-order valence-electron chi connectivity index (χ4n) is 3.11. The first-order valence-electron chi connectivity index (χ1n) is 8.89. The Balaban J connectivity index is 1.81. The quantitative estimate of drug-likeness (QED) is 0.784. The smallest absolute Gasteiger partial charge is 0.305 e. The van der Waals surface area contributed by atoms with Gasteiger partial charge in [-0.25, -0.2) is 4.68 Å². The summed E-state index contributed by atoms with van der Waals surface area (Å²) in [6, 6.07) is 7.15. The first kappa shape index (κ1) is 19.4. The number of benzene rings is 1. The number of halogens is 1. The Hall–Kier alpha value is -2.38. The number of amides is 1. The van der Waals surface area contributed by atoms with Gasteiger partial charge in [-0.3, -0.25) is 9.59 Å².